The molecule has 2 aliphatic rings. The van der Waals surface area contributed by atoms with Gasteiger partial charge in [-0.25, -0.2) is 0 Å². The van der Waals surface area contributed by atoms with Gasteiger partial charge in [0, 0.05) is 13.1 Å². The third-order valence-electron chi connectivity index (χ3n) is 5.75. The highest BCUT2D eigenvalue weighted by Gasteiger charge is 2.43. The smallest absolute Gasteiger partial charge is 0.277 e. The van der Waals surface area contributed by atoms with E-state index in [4.69, 9.17) is 4.74 Å². The topological polar surface area (TPSA) is 49.9 Å². The van der Waals surface area contributed by atoms with E-state index < -0.39 is 0 Å². The van der Waals surface area contributed by atoms with Gasteiger partial charge in [-0.2, -0.15) is 0 Å². The molecule has 0 radical (unpaired) electrons. The summed E-state index contributed by atoms with van der Waals surface area (Å²) in [5.74, 6) is 0.606. The quantitative estimate of drug-likeness (QED) is 0.684. The van der Waals surface area contributed by atoms with Gasteiger partial charge in [-0.05, 0) is 57.1 Å². The number of imide groups is 1. The monoisotopic (exact) mass is 398 g/mol. The molecule has 5 heteroatoms. The number of carbonyl (C=O) groups excluding carboxylic acids is 2. The lowest BCUT2D eigenvalue weighted by molar-refractivity contribution is -0.138. The van der Waals surface area contributed by atoms with Crippen LogP contribution in [0.2, 0.25) is 0 Å². The number of carbonyl (C=O) groups is 2. The molecular weight excluding hydrogens is 364 g/mol. The number of piperidine rings is 1. The number of amides is 2. The van der Waals surface area contributed by atoms with E-state index in [0.717, 1.165) is 36.2 Å². The van der Waals surface area contributed by atoms with Crippen molar-refractivity contribution in [2.75, 3.05) is 26.2 Å². The molecule has 3 rings (SSSR count). The van der Waals surface area contributed by atoms with Crippen molar-refractivity contribution < 1.29 is 14.3 Å². The predicted molar refractivity (Wildman–Crippen MR) is 115 cm³/mol. The summed E-state index contributed by atoms with van der Waals surface area (Å²) in [4.78, 5) is 30.3. The molecule has 29 heavy (non-hydrogen) atoms. The van der Waals surface area contributed by atoms with Gasteiger partial charge < -0.3 is 9.64 Å². The molecule has 2 aliphatic heterocycles. The highest BCUT2D eigenvalue weighted by molar-refractivity contribution is 6.35. The lowest BCUT2D eigenvalue weighted by Crippen LogP contribution is -2.42. The molecule has 2 atom stereocenters. The second-order valence-corrected chi connectivity index (χ2v) is 9.07. The van der Waals surface area contributed by atoms with E-state index in [1.165, 1.54) is 4.90 Å². The fourth-order valence-corrected chi connectivity index (χ4v) is 4.62. The van der Waals surface area contributed by atoms with Gasteiger partial charge in [-0.1, -0.05) is 37.6 Å². The molecule has 0 saturated carbocycles. The van der Waals surface area contributed by atoms with Crippen LogP contribution >= 0.6 is 0 Å². The SMILES string of the molecule is Cc1ccc(C2=C(N3CC(C)CC(C)C3)C(=O)N(CCOC(C)C)C2=O)c(C)c1. The number of hydrogen-bond acceptors (Lipinski definition) is 4. The first-order valence-corrected chi connectivity index (χ1v) is 10.7. The molecule has 2 heterocycles. The van der Waals surface area contributed by atoms with E-state index in [1.807, 2.05) is 39.8 Å². The van der Waals surface area contributed by atoms with E-state index in [-0.39, 0.29) is 24.5 Å². The van der Waals surface area contributed by atoms with Crippen LogP contribution in [-0.2, 0) is 14.3 Å². The van der Waals surface area contributed by atoms with E-state index in [1.54, 1.807) is 0 Å². The van der Waals surface area contributed by atoms with Crippen LogP contribution in [-0.4, -0.2) is 54.0 Å². The van der Waals surface area contributed by atoms with E-state index in [9.17, 15) is 9.59 Å². The summed E-state index contributed by atoms with van der Waals surface area (Å²) in [5, 5.41) is 0. The lowest BCUT2D eigenvalue weighted by Gasteiger charge is -2.37. The van der Waals surface area contributed by atoms with Crippen LogP contribution in [0.25, 0.3) is 5.57 Å². The van der Waals surface area contributed by atoms with Gasteiger partial charge in [0.25, 0.3) is 11.8 Å². The van der Waals surface area contributed by atoms with Gasteiger partial charge in [0.1, 0.15) is 5.70 Å². The summed E-state index contributed by atoms with van der Waals surface area (Å²) in [5.41, 5.74) is 4.16. The summed E-state index contributed by atoms with van der Waals surface area (Å²) < 4.78 is 5.62. The largest absolute Gasteiger partial charge is 0.377 e. The molecular formula is C24H34N2O3. The zero-order valence-corrected chi connectivity index (χ0v) is 18.6. The Bertz CT molecular complexity index is 817. The number of hydrogen-bond donors (Lipinski definition) is 0. The fraction of sp³-hybridized carbons (Fsp3) is 0.583. The van der Waals surface area contributed by atoms with Crippen LogP contribution in [0, 0.1) is 25.7 Å². The van der Waals surface area contributed by atoms with Crippen LogP contribution in [0.15, 0.2) is 23.9 Å². The van der Waals surface area contributed by atoms with Gasteiger partial charge in [0.2, 0.25) is 0 Å². The molecule has 1 aromatic carbocycles. The molecule has 1 saturated heterocycles. The van der Waals surface area contributed by atoms with Gasteiger partial charge in [0.15, 0.2) is 0 Å². The molecule has 5 nitrogen and oxygen atoms in total. The van der Waals surface area contributed by atoms with Gasteiger partial charge >= 0.3 is 0 Å². The molecule has 0 bridgehead atoms. The Labute approximate surface area is 174 Å². The van der Waals surface area contributed by atoms with E-state index in [0.29, 0.717) is 29.7 Å². The number of rotatable bonds is 6. The maximum absolute atomic E-state index is 13.4. The van der Waals surface area contributed by atoms with Crippen LogP contribution < -0.4 is 0 Å². The Morgan fingerprint density at radius 3 is 2.31 bits per heavy atom. The standard InChI is InChI=1S/C24H34N2O3/c1-15(2)29-10-9-26-23(27)21(20-8-7-16(3)12-19(20)6)22(24(26)28)25-13-17(4)11-18(5)14-25/h7-8,12,15,17-18H,9-11,13-14H2,1-6H3. The van der Waals surface area contributed by atoms with E-state index >= 15 is 0 Å². The normalized spacial score (nSPS) is 23.0. The maximum atomic E-state index is 13.4. The summed E-state index contributed by atoms with van der Waals surface area (Å²) in [6.07, 6.45) is 1.22. The molecule has 1 aromatic rings. The van der Waals surface area contributed by atoms with Gasteiger partial charge in [-0.15, -0.1) is 0 Å². The number of nitrogens with zero attached hydrogens (tertiary/aromatic N) is 2. The Kier molecular flexibility index (Phi) is 6.47. The number of benzene rings is 1. The first kappa shape index (κ1) is 21.6. The van der Waals surface area contributed by atoms with Crippen LogP contribution in [0.1, 0.15) is 50.8 Å². The maximum Gasteiger partial charge on any atom is 0.277 e. The molecule has 158 valence electrons. The van der Waals surface area contributed by atoms with Crippen molar-refractivity contribution in [1.29, 1.82) is 0 Å². The Morgan fingerprint density at radius 1 is 1.07 bits per heavy atom. The zero-order chi connectivity index (χ0) is 21.3. The second kappa shape index (κ2) is 8.70. The molecule has 1 fully saturated rings. The molecule has 0 aliphatic carbocycles. The molecule has 0 aromatic heterocycles. The molecule has 2 unspecified atom stereocenters. The van der Waals surface area contributed by atoms with Crippen LogP contribution in [0.5, 0.6) is 0 Å². The van der Waals surface area contributed by atoms with Gasteiger partial charge in [0.05, 0.1) is 24.8 Å². The fourth-order valence-electron chi connectivity index (χ4n) is 4.62. The van der Waals surface area contributed by atoms with Crippen molar-refractivity contribution in [2.45, 2.75) is 54.1 Å². The lowest BCUT2D eigenvalue weighted by atomic mass is 9.90. The van der Waals surface area contributed by atoms with Crippen molar-refractivity contribution >= 4 is 17.4 Å². The number of likely N-dealkylation sites (tertiary alicyclic amines) is 1. The number of aryl methyl sites for hydroxylation is 2. The van der Waals surface area contributed by atoms with Crippen molar-refractivity contribution in [3.63, 3.8) is 0 Å². The van der Waals surface area contributed by atoms with Crippen molar-refractivity contribution in [1.82, 2.24) is 9.80 Å². The summed E-state index contributed by atoms with van der Waals surface area (Å²) in [6.45, 7) is 14.7. The van der Waals surface area contributed by atoms with Crippen molar-refractivity contribution in [3.8, 4) is 0 Å². The third-order valence-corrected chi connectivity index (χ3v) is 5.75. The average molecular weight is 399 g/mol. The van der Waals surface area contributed by atoms with Crippen molar-refractivity contribution in [2.24, 2.45) is 11.8 Å². The van der Waals surface area contributed by atoms with E-state index in [2.05, 4.69) is 24.8 Å². The predicted octanol–water partition coefficient (Wildman–Crippen LogP) is 3.79. The first-order chi connectivity index (χ1) is 13.7. The highest BCUT2D eigenvalue weighted by atomic mass is 16.5. The highest BCUT2D eigenvalue weighted by Crippen LogP contribution is 2.36. The zero-order valence-electron chi connectivity index (χ0n) is 18.6. The number of ether oxygens (including phenoxy) is 1. The summed E-state index contributed by atoms with van der Waals surface area (Å²) in [6, 6.07) is 6.07. The Hall–Kier alpha value is -2.14. The van der Waals surface area contributed by atoms with Crippen molar-refractivity contribution in [3.05, 3.63) is 40.6 Å². The molecule has 2 amide bonds. The molecule has 0 N–H and O–H groups in total. The summed E-state index contributed by atoms with van der Waals surface area (Å²) in [7, 11) is 0. The van der Waals surface area contributed by atoms with Crippen LogP contribution in [0.3, 0.4) is 0 Å². The Morgan fingerprint density at radius 2 is 1.72 bits per heavy atom. The van der Waals surface area contributed by atoms with Crippen LogP contribution in [0.4, 0.5) is 0 Å². The average Bonchev–Trinajstić information content (AvgIpc) is 2.85. The minimum Gasteiger partial charge on any atom is -0.377 e. The second-order valence-electron chi connectivity index (χ2n) is 9.07. The minimum absolute atomic E-state index is 0.0674. The minimum atomic E-state index is -0.199. The Balaban J connectivity index is 2.02. The first-order valence-electron chi connectivity index (χ1n) is 10.7. The molecule has 0 spiro atoms. The third kappa shape index (κ3) is 4.55. The van der Waals surface area contributed by atoms with Gasteiger partial charge in [-0.3, -0.25) is 14.5 Å². The summed E-state index contributed by atoms with van der Waals surface area (Å²) >= 11 is 0.